The smallest absolute Gasteiger partial charge is 0.324 e. The van der Waals surface area contributed by atoms with Crippen molar-refractivity contribution in [2.45, 2.75) is 11.4 Å². The topological polar surface area (TPSA) is 141 Å². The van der Waals surface area contributed by atoms with Gasteiger partial charge in [0.2, 0.25) is 0 Å². The average molecular weight is 231 g/mol. The van der Waals surface area contributed by atoms with Gasteiger partial charge in [0.1, 0.15) is 0 Å². The van der Waals surface area contributed by atoms with Crippen LogP contribution in [0.5, 0.6) is 0 Å². The Hall–Kier alpha value is -0.0000000000000000416. The third kappa shape index (κ3) is 3.70. The van der Waals surface area contributed by atoms with Crippen molar-refractivity contribution < 1.29 is 28.7 Å². The van der Waals surface area contributed by atoms with Crippen LogP contribution in [0.4, 0.5) is 0 Å². The molecular weight excluding hydrogens is 220 g/mol. The summed E-state index contributed by atoms with van der Waals surface area (Å²) in [5, 5.41) is -2.21. The maximum Gasteiger partial charge on any atom is 0.342 e. The summed E-state index contributed by atoms with van der Waals surface area (Å²) in [7, 11) is -9.86. The molecule has 0 amide bonds. The van der Waals surface area contributed by atoms with Crippen LogP contribution in [0.15, 0.2) is 12.7 Å². The van der Waals surface area contributed by atoms with Gasteiger partial charge in [0, 0.05) is 6.04 Å². The van der Waals surface area contributed by atoms with Gasteiger partial charge in [-0.3, -0.25) is 9.13 Å². The fourth-order valence-electron chi connectivity index (χ4n) is 0.766. The van der Waals surface area contributed by atoms with Crippen molar-refractivity contribution in [2.75, 3.05) is 0 Å². The molecule has 0 saturated carbocycles. The second kappa shape index (κ2) is 4.02. The Morgan fingerprint density at radius 1 is 1.15 bits per heavy atom. The standard InChI is InChI=1S/C4H11NO6P2/c1-2-3(5)4(12(6,7)8)13(9,10)11/h2-4H,1,5H2,(H2,6,7,8)(H2,9,10,11). The van der Waals surface area contributed by atoms with E-state index in [1.165, 1.54) is 0 Å². The van der Waals surface area contributed by atoms with E-state index >= 15 is 0 Å². The Morgan fingerprint density at radius 2 is 1.46 bits per heavy atom. The molecule has 0 heterocycles. The number of hydrogen-bond acceptors (Lipinski definition) is 3. The van der Waals surface area contributed by atoms with Gasteiger partial charge in [-0.2, -0.15) is 0 Å². The SMILES string of the molecule is C=CC(N)C(P(=O)(O)O)P(=O)(O)O. The molecule has 0 aromatic rings. The lowest BCUT2D eigenvalue weighted by atomic mass is 10.4. The first-order valence-electron chi connectivity index (χ1n) is 3.09. The lowest BCUT2D eigenvalue weighted by molar-refractivity contribution is 0.334. The molecule has 9 heteroatoms. The fraction of sp³-hybridized carbons (Fsp3) is 0.500. The van der Waals surface area contributed by atoms with E-state index in [2.05, 4.69) is 6.58 Å². The van der Waals surface area contributed by atoms with Gasteiger partial charge < -0.3 is 25.3 Å². The van der Waals surface area contributed by atoms with E-state index in [0.29, 0.717) is 0 Å². The Morgan fingerprint density at radius 3 is 1.54 bits per heavy atom. The maximum absolute atomic E-state index is 10.7. The fourth-order valence-corrected chi connectivity index (χ4v) is 3.47. The van der Waals surface area contributed by atoms with Crippen LogP contribution in [0.1, 0.15) is 0 Å². The lowest BCUT2D eigenvalue weighted by Crippen LogP contribution is -2.32. The minimum absolute atomic E-state index is 0.878. The maximum atomic E-state index is 10.7. The highest BCUT2D eigenvalue weighted by Crippen LogP contribution is 2.60. The van der Waals surface area contributed by atoms with Crippen LogP contribution in [-0.4, -0.2) is 31.0 Å². The minimum Gasteiger partial charge on any atom is -0.324 e. The third-order valence-electron chi connectivity index (χ3n) is 1.31. The molecule has 1 unspecified atom stereocenters. The van der Waals surface area contributed by atoms with Gasteiger partial charge >= 0.3 is 15.2 Å². The van der Waals surface area contributed by atoms with E-state index in [1.54, 1.807) is 0 Å². The summed E-state index contributed by atoms with van der Waals surface area (Å²) in [5.41, 5.74) is 5.09. The first-order valence-corrected chi connectivity index (χ1v) is 6.45. The van der Waals surface area contributed by atoms with Crippen molar-refractivity contribution in [2.24, 2.45) is 5.73 Å². The van der Waals surface area contributed by atoms with Crippen molar-refractivity contribution in [1.29, 1.82) is 0 Å². The van der Waals surface area contributed by atoms with Gasteiger partial charge in [-0.05, 0) is 0 Å². The number of hydrogen-bond donors (Lipinski definition) is 5. The molecule has 1 atom stereocenters. The highest BCUT2D eigenvalue weighted by atomic mass is 31.2. The summed E-state index contributed by atoms with van der Waals surface area (Å²) in [6.45, 7) is 3.10. The predicted molar refractivity (Wildman–Crippen MR) is 46.0 cm³/mol. The van der Waals surface area contributed by atoms with Gasteiger partial charge in [-0.25, -0.2) is 0 Å². The molecule has 0 saturated heterocycles. The van der Waals surface area contributed by atoms with Crippen LogP contribution in [0.25, 0.3) is 0 Å². The molecule has 0 aromatic heterocycles. The molecule has 0 radical (unpaired) electrons. The van der Waals surface area contributed by atoms with Crippen molar-refractivity contribution >= 4 is 15.2 Å². The zero-order valence-electron chi connectivity index (χ0n) is 6.52. The van der Waals surface area contributed by atoms with E-state index in [9.17, 15) is 9.13 Å². The summed E-state index contributed by atoms with van der Waals surface area (Å²) in [4.78, 5) is 34.4. The first-order chi connectivity index (χ1) is 5.60. The summed E-state index contributed by atoms with van der Waals surface area (Å²) < 4.78 is 21.3. The van der Waals surface area contributed by atoms with Crippen LogP contribution in [0.2, 0.25) is 0 Å². The van der Waals surface area contributed by atoms with Crippen molar-refractivity contribution in [3.8, 4) is 0 Å². The number of rotatable bonds is 4. The summed E-state index contributed by atoms with van der Waals surface area (Å²) in [6.07, 6.45) is 0.878. The molecule has 6 N–H and O–H groups in total. The highest BCUT2D eigenvalue weighted by molar-refractivity contribution is 7.71. The van der Waals surface area contributed by atoms with E-state index in [0.717, 1.165) is 6.08 Å². The third-order valence-corrected chi connectivity index (χ3v) is 5.18. The molecular formula is C4H11NO6P2. The zero-order chi connectivity index (χ0) is 10.9. The predicted octanol–water partition coefficient (Wildman–Crippen LogP) is -0.819. The largest absolute Gasteiger partial charge is 0.342 e. The van der Waals surface area contributed by atoms with E-state index < -0.39 is 26.6 Å². The normalized spacial score (nSPS) is 15.8. The molecule has 7 nitrogen and oxygen atoms in total. The molecule has 0 aromatic carbocycles. The van der Waals surface area contributed by atoms with Gasteiger partial charge in [-0.1, -0.05) is 6.08 Å². The Bertz CT molecular complexity index is 256. The Kier molecular flexibility index (Phi) is 4.02. The second-order valence-electron chi connectivity index (χ2n) is 2.40. The van der Waals surface area contributed by atoms with Crippen LogP contribution in [0, 0.1) is 0 Å². The summed E-state index contributed by atoms with van der Waals surface area (Å²) in [6, 6.07) is -1.44. The molecule has 78 valence electrons. The molecule has 0 spiro atoms. The Labute approximate surface area is 74.6 Å². The quantitative estimate of drug-likeness (QED) is 0.314. The van der Waals surface area contributed by atoms with Gasteiger partial charge in [0.05, 0.1) is 0 Å². The number of nitrogens with two attached hydrogens (primary N) is 1. The van der Waals surface area contributed by atoms with Crippen molar-refractivity contribution in [3.05, 3.63) is 12.7 Å². The van der Waals surface area contributed by atoms with Crippen molar-refractivity contribution in [1.82, 2.24) is 0 Å². The summed E-state index contributed by atoms with van der Waals surface area (Å²) >= 11 is 0. The van der Waals surface area contributed by atoms with Crippen LogP contribution < -0.4 is 5.73 Å². The van der Waals surface area contributed by atoms with Gasteiger partial charge in [0.25, 0.3) is 0 Å². The molecule has 0 aliphatic carbocycles. The molecule has 0 bridgehead atoms. The van der Waals surface area contributed by atoms with E-state index in [1.807, 2.05) is 0 Å². The second-order valence-corrected chi connectivity index (χ2v) is 6.28. The summed E-state index contributed by atoms with van der Waals surface area (Å²) in [5.74, 6) is 0. The Balaban J connectivity index is 5.12. The van der Waals surface area contributed by atoms with Crippen molar-refractivity contribution in [3.63, 3.8) is 0 Å². The van der Waals surface area contributed by atoms with Gasteiger partial charge in [0.15, 0.2) is 5.40 Å². The molecule has 13 heavy (non-hydrogen) atoms. The minimum atomic E-state index is -4.93. The molecule has 0 fully saturated rings. The average Bonchev–Trinajstić information content (AvgIpc) is 1.80. The monoisotopic (exact) mass is 231 g/mol. The van der Waals surface area contributed by atoms with Gasteiger partial charge in [-0.15, -0.1) is 6.58 Å². The van der Waals surface area contributed by atoms with Crippen LogP contribution >= 0.6 is 15.2 Å². The van der Waals surface area contributed by atoms with Crippen LogP contribution in [0.3, 0.4) is 0 Å². The van der Waals surface area contributed by atoms with E-state index in [4.69, 9.17) is 25.3 Å². The van der Waals surface area contributed by atoms with E-state index in [-0.39, 0.29) is 0 Å². The molecule has 0 rings (SSSR count). The molecule has 0 aliphatic heterocycles. The lowest BCUT2D eigenvalue weighted by Gasteiger charge is -2.22. The first kappa shape index (κ1) is 13.0. The zero-order valence-corrected chi connectivity index (χ0v) is 8.31. The highest BCUT2D eigenvalue weighted by Gasteiger charge is 2.46. The van der Waals surface area contributed by atoms with Crippen LogP contribution in [-0.2, 0) is 9.13 Å². The molecule has 0 aliphatic rings.